The van der Waals surface area contributed by atoms with Gasteiger partial charge in [-0.25, -0.2) is 0 Å². The second-order valence-corrected chi connectivity index (χ2v) is 6.56. The number of halogens is 1. The normalized spacial score (nSPS) is 22.6. The minimum absolute atomic E-state index is 0.0425. The molecular formula is C15H24ClN3O3. The van der Waals surface area contributed by atoms with Gasteiger partial charge in [0.1, 0.15) is 0 Å². The fourth-order valence-corrected chi connectivity index (χ4v) is 3.23. The van der Waals surface area contributed by atoms with Crippen LogP contribution in [0.5, 0.6) is 0 Å². The van der Waals surface area contributed by atoms with Gasteiger partial charge in [0.25, 0.3) is 0 Å². The summed E-state index contributed by atoms with van der Waals surface area (Å²) in [5.41, 5.74) is 0. The van der Waals surface area contributed by atoms with Crippen LogP contribution in [0.2, 0.25) is 0 Å². The van der Waals surface area contributed by atoms with Crippen LogP contribution in [0.1, 0.15) is 26.7 Å². The van der Waals surface area contributed by atoms with Gasteiger partial charge in [-0.05, 0) is 13.8 Å². The van der Waals surface area contributed by atoms with Crippen molar-refractivity contribution < 1.29 is 14.4 Å². The predicted molar refractivity (Wildman–Crippen MR) is 83.5 cm³/mol. The van der Waals surface area contributed by atoms with E-state index in [1.807, 2.05) is 13.8 Å². The Morgan fingerprint density at radius 2 is 1.77 bits per heavy atom. The second kappa shape index (κ2) is 7.31. The van der Waals surface area contributed by atoms with Gasteiger partial charge in [0.15, 0.2) is 0 Å². The molecule has 2 fully saturated rings. The van der Waals surface area contributed by atoms with Crippen LogP contribution in [0.4, 0.5) is 0 Å². The first kappa shape index (κ1) is 17.1. The van der Waals surface area contributed by atoms with Crippen LogP contribution < -0.4 is 0 Å². The molecule has 1 atom stereocenters. The summed E-state index contributed by atoms with van der Waals surface area (Å²) in [4.78, 5) is 41.5. The molecule has 1 unspecified atom stereocenters. The van der Waals surface area contributed by atoms with Gasteiger partial charge >= 0.3 is 0 Å². The molecule has 124 valence electrons. The first-order chi connectivity index (χ1) is 10.4. The lowest BCUT2D eigenvalue weighted by Crippen LogP contribution is -2.52. The van der Waals surface area contributed by atoms with Crippen molar-refractivity contribution in [2.24, 2.45) is 5.92 Å². The maximum absolute atomic E-state index is 12.5. The Kier molecular flexibility index (Phi) is 5.67. The van der Waals surface area contributed by atoms with Crippen LogP contribution in [-0.2, 0) is 14.4 Å². The maximum atomic E-state index is 12.5. The molecule has 0 N–H and O–H groups in total. The molecular weight excluding hydrogens is 306 g/mol. The van der Waals surface area contributed by atoms with Crippen molar-refractivity contribution >= 4 is 29.3 Å². The van der Waals surface area contributed by atoms with E-state index in [0.717, 1.165) is 0 Å². The highest BCUT2D eigenvalue weighted by atomic mass is 35.5. The fraction of sp³-hybridized carbons (Fsp3) is 0.800. The third-order valence-electron chi connectivity index (χ3n) is 4.38. The van der Waals surface area contributed by atoms with E-state index in [-0.39, 0.29) is 29.7 Å². The van der Waals surface area contributed by atoms with Crippen LogP contribution >= 0.6 is 11.6 Å². The van der Waals surface area contributed by atoms with Crippen molar-refractivity contribution in [3.05, 3.63) is 0 Å². The Balaban J connectivity index is 1.86. The zero-order valence-electron chi connectivity index (χ0n) is 13.3. The van der Waals surface area contributed by atoms with Gasteiger partial charge in [0.05, 0.1) is 5.92 Å². The van der Waals surface area contributed by atoms with E-state index in [9.17, 15) is 14.4 Å². The first-order valence-electron chi connectivity index (χ1n) is 7.86. The molecule has 0 aromatic rings. The zero-order valence-corrected chi connectivity index (χ0v) is 14.0. The van der Waals surface area contributed by atoms with Gasteiger partial charge in [-0.3, -0.25) is 14.4 Å². The van der Waals surface area contributed by atoms with Gasteiger partial charge in [0.2, 0.25) is 17.7 Å². The zero-order chi connectivity index (χ0) is 16.3. The number of hydrogen-bond acceptors (Lipinski definition) is 3. The molecule has 2 aliphatic heterocycles. The van der Waals surface area contributed by atoms with Crippen LogP contribution in [0.25, 0.3) is 0 Å². The summed E-state index contributed by atoms with van der Waals surface area (Å²) in [5.74, 6) is 0.238. The number of amides is 3. The summed E-state index contributed by atoms with van der Waals surface area (Å²) in [6.07, 6.45) is 0.651. The lowest BCUT2D eigenvalue weighted by Gasteiger charge is -2.36. The number of piperazine rings is 1. The Morgan fingerprint density at radius 1 is 1.18 bits per heavy atom. The quantitative estimate of drug-likeness (QED) is 0.707. The molecule has 2 heterocycles. The molecule has 7 heteroatoms. The highest BCUT2D eigenvalue weighted by molar-refractivity contribution is 6.18. The third-order valence-corrected chi connectivity index (χ3v) is 4.57. The van der Waals surface area contributed by atoms with E-state index in [4.69, 9.17) is 11.6 Å². The summed E-state index contributed by atoms with van der Waals surface area (Å²) in [6, 6.07) is 0.135. The lowest BCUT2D eigenvalue weighted by molar-refractivity contribution is -0.141. The summed E-state index contributed by atoms with van der Waals surface area (Å²) < 4.78 is 0. The molecule has 0 aromatic heterocycles. The van der Waals surface area contributed by atoms with E-state index in [1.165, 1.54) is 0 Å². The maximum Gasteiger partial charge on any atom is 0.228 e. The van der Waals surface area contributed by atoms with Gasteiger partial charge in [-0.1, -0.05) is 0 Å². The first-order valence-corrected chi connectivity index (χ1v) is 8.39. The second-order valence-electron chi connectivity index (χ2n) is 6.19. The molecule has 3 amide bonds. The topological polar surface area (TPSA) is 60.9 Å². The molecule has 0 aliphatic carbocycles. The van der Waals surface area contributed by atoms with E-state index in [2.05, 4.69) is 0 Å². The Morgan fingerprint density at radius 3 is 2.27 bits per heavy atom. The van der Waals surface area contributed by atoms with Crippen molar-refractivity contribution in [3.8, 4) is 0 Å². The van der Waals surface area contributed by atoms with E-state index in [0.29, 0.717) is 51.4 Å². The van der Waals surface area contributed by atoms with Crippen LogP contribution in [0, 0.1) is 5.92 Å². The molecule has 2 aliphatic rings. The molecule has 0 aromatic carbocycles. The van der Waals surface area contributed by atoms with Gasteiger partial charge in [0, 0.05) is 57.5 Å². The summed E-state index contributed by atoms with van der Waals surface area (Å²) in [6.45, 7) is 6.63. The Bertz CT molecular complexity index is 447. The number of alkyl halides is 1. The van der Waals surface area contributed by atoms with Crippen molar-refractivity contribution in [1.82, 2.24) is 14.7 Å². The summed E-state index contributed by atoms with van der Waals surface area (Å²) >= 11 is 5.59. The number of carbonyl (C=O) groups is 3. The average molecular weight is 330 g/mol. The largest absolute Gasteiger partial charge is 0.339 e. The van der Waals surface area contributed by atoms with Crippen LogP contribution in [0.3, 0.4) is 0 Å². The minimum Gasteiger partial charge on any atom is -0.339 e. The van der Waals surface area contributed by atoms with Crippen molar-refractivity contribution in [2.75, 3.05) is 38.6 Å². The smallest absolute Gasteiger partial charge is 0.228 e. The molecule has 0 bridgehead atoms. The SMILES string of the molecule is CC(C)N1CC(C(=O)N2CCN(C(=O)CCCl)CC2)CC1=O. The molecule has 6 nitrogen and oxygen atoms in total. The van der Waals surface area contributed by atoms with E-state index in [1.54, 1.807) is 14.7 Å². The molecule has 0 radical (unpaired) electrons. The minimum atomic E-state index is -0.236. The number of likely N-dealkylation sites (tertiary alicyclic amines) is 1. The van der Waals surface area contributed by atoms with Gasteiger partial charge < -0.3 is 14.7 Å². The summed E-state index contributed by atoms with van der Waals surface area (Å²) in [5, 5.41) is 0. The monoisotopic (exact) mass is 329 g/mol. The average Bonchev–Trinajstić information content (AvgIpc) is 2.89. The van der Waals surface area contributed by atoms with E-state index < -0.39 is 0 Å². The molecule has 22 heavy (non-hydrogen) atoms. The van der Waals surface area contributed by atoms with E-state index >= 15 is 0 Å². The van der Waals surface area contributed by atoms with Gasteiger partial charge in [-0.2, -0.15) is 0 Å². The molecule has 0 spiro atoms. The van der Waals surface area contributed by atoms with Crippen LogP contribution in [0.15, 0.2) is 0 Å². The standard InChI is InChI=1S/C15H24ClN3O3/c1-11(2)19-10-12(9-14(19)21)15(22)18-7-5-17(6-8-18)13(20)3-4-16/h11-12H,3-10H2,1-2H3. The highest BCUT2D eigenvalue weighted by Crippen LogP contribution is 2.22. The molecule has 2 rings (SSSR count). The highest BCUT2D eigenvalue weighted by Gasteiger charge is 2.38. The number of nitrogens with zero attached hydrogens (tertiary/aromatic N) is 3. The van der Waals surface area contributed by atoms with Crippen molar-refractivity contribution in [3.63, 3.8) is 0 Å². The van der Waals surface area contributed by atoms with Crippen LogP contribution in [-0.4, -0.2) is 77.1 Å². The molecule has 2 saturated heterocycles. The third kappa shape index (κ3) is 3.72. The molecule has 0 saturated carbocycles. The number of carbonyl (C=O) groups excluding carboxylic acids is 3. The Hall–Kier alpha value is -1.30. The summed E-state index contributed by atoms with van der Waals surface area (Å²) in [7, 11) is 0. The van der Waals surface area contributed by atoms with Gasteiger partial charge in [-0.15, -0.1) is 11.6 Å². The van der Waals surface area contributed by atoms with Crippen molar-refractivity contribution in [1.29, 1.82) is 0 Å². The predicted octanol–water partition coefficient (Wildman–Crippen LogP) is 0.543. The number of hydrogen-bond donors (Lipinski definition) is 0. The lowest BCUT2D eigenvalue weighted by atomic mass is 10.1. The Labute approximate surface area is 136 Å². The number of rotatable bonds is 4. The fourth-order valence-electron chi connectivity index (χ4n) is 3.07. The van der Waals surface area contributed by atoms with Crippen molar-refractivity contribution in [2.45, 2.75) is 32.7 Å².